The van der Waals surface area contributed by atoms with Gasteiger partial charge >= 0.3 is 0 Å². The highest BCUT2D eigenvalue weighted by molar-refractivity contribution is 5.10. The number of hydrogen-bond acceptors (Lipinski definition) is 2. The van der Waals surface area contributed by atoms with Crippen molar-refractivity contribution in [3.8, 4) is 11.8 Å². The van der Waals surface area contributed by atoms with E-state index in [9.17, 15) is 5.11 Å². The third kappa shape index (κ3) is 8.08. The second-order valence-electron chi connectivity index (χ2n) is 9.55. The minimum absolute atomic E-state index is 0.633. The molecular formula is C26H46O2. The maximum atomic E-state index is 10.7. The zero-order valence-corrected chi connectivity index (χ0v) is 19.0. The molecule has 2 heteroatoms. The first-order valence-corrected chi connectivity index (χ1v) is 12.5. The molecule has 2 nitrogen and oxygen atoms in total. The van der Waals surface area contributed by atoms with Crippen molar-refractivity contribution in [2.75, 3.05) is 6.61 Å². The molecule has 0 spiro atoms. The Morgan fingerprint density at radius 1 is 0.964 bits per heavy atom. The Hall–Kier alpha value is -0.520. The van der Waals surface area contributed by atoms with Crippen LogP contribution in [-0.4, -0.2) is 17.5 Å². The van der Waals surface area contributed by atoms with E-state index in [0.29, 0.717) is 18.9 Å². The fraction of sp³-hybridized carbons (Fsp3) is 0.923. The van der Waals surface area contributed by atoms with Gasteiger partial charge in [-0.05, 0) is 61.7 Å². The summed E-state index contributed by atoms with van der Waals surface area (Å²) in [4.78, 5) is 0. The van der Waals surface area contributed by atoms with E-state index in [1.165, 1.54) is 70.6 Å². The number of unbranched alkanes of at least 4 members (excludes halogenated alkanes) is 3. The molecule has 0 aromatic carbocycles. The van der Waals surface area contributed by atoms with Crippen LogP contribution < -0.4 is 0 Å². The molecule has 0 aromatic heterocycles. The van der Waals surface area contributed by atoms with Gasteiger partial charge in [0.05, 0.1) is 6.61 Å². The summed E-state index contributed by atoms with van der Waals surface area (Å²) >= 11 is 0. The lowest BCUT2D eigenvalue weighted by Crippen LogP contribution is -2.40. The van der Waals surface area contributed by atoms with Crippen molar-refractivity contribution in [3.63, 3.8) is 0 Å². The lowest BCUT2D eigenvalue weighted by Gasteiger charge is -2.39. The minimum atomic E-state index is -1.18. The SMILES string of the molecule is CCCCCC1CCC(C2CCC(O)(C#CCCCC(CC)CC)OC2)CC1. The molecule has 1 heterocycles. The number of aliphatic hydroxyl groups is 1. The Kier molecular flexibility index (Phi) is 11.0. The molecule has 1 N–H and O–H groups in total. The second-order valence-corrected chi connectivity index (χ2v) is 9.55. The largest absolute Gasteiger partial charge is 0.356 e. The number of ether oxygens (including phenoxy) is 1. The molecule has 2 aliphatic rings. The molecule has 1 saturated heterocycles. The zero-order valence-electron chi connectivity index (χ0n) is 19.0. The van der Waals surface area contributed by atoms with E-state index < -0.39 is 5.79 Å². The smallest absolute Gasteiger partial charge is 0.231 e. The Labute approximate surface area is 175 Å². The molecule has 0 bridgehead atoms. The van der Waals surface area contributed by atoms with Gasteiger partial charge in [-0.2, -0.15) is 0 Å². The van der Waals surface area contributed by atoms with E-state index in [0.717, 1.165) is 37.0 Å². The Bertz CT molecular complexity index is 455. The summed E-state index contributed by atoms with van der Waals surface area (Å²) in [5.74, 6) is 8.31. The van der Waals surface area contributed by atoms with Gasteiger partial charge in [0.25, 0.3) is 0 Å². The highest BCUT2D eigenvalue weighted by Gasteiger charge is 2.37. The first kappa shape index (κ1) is 23.8. The van der Waals surface area contributed by atoms with Gasteiger partial charge in [0.15, 0.2) is 0 Å². The highest BCUT2D eigenvalue weighted by Crippen LogP contribution is 2.40. The Balaban J connectivity index is 1.65. The topological polar surface area (TPSA) is 29.5 Å². The van der Waals surface area contributed by atoms with Gasteiger partial charge in [0, 0.05) is 12.8 Å². The van der Waals surface area contributed by atoms with Crippen molar-refractivity contribution < 1.29 is 9.84 Å². The normalized spacial score (nSPS) is 30.8. The van der Waals surface area contributed by atoms with Crippen LogP contribution in [0.3, 0.4) is 0 Å². The molecule has 2 fully saturated rings. The molecule has 1 aliphatic heterocycles. The van der Waals surface area contributed by atoms with E-state index in [1.54, 1.807) is 0 Å². The molecule has 28 heavy (non-hydrogen) atoms. The Morgan fingerprint density at radius 3 is 2.32 bits per heavy atom. The molecule has 0 amide bonds. The molecule has 0 aromatic rings. The monoisotopic (exact) mass is 390 g/mol. The van der Waals surface area contributed by atoms with Crippen LogP contribution in [0.25, 0.3) is 0 Å². The van der Waals surface area contributed by atoms with E-state index in [2.05, 4.69) is 32.6 Å². The summed E-state index contributed by atoms with van der Waals surface area (Å²) in [7, 11) is 0. The van der Waals surface area contributed by atoms with Gasteiger partial charge in [-0.25, -0.2) is 0 Å². The standard InChI is InChI=1S/C26H46O2/c1-4-7-9-13-23-14-16-24(17-15-23)25-18-20-26(27,28-21-25)19-11-8-10-12-22(5-2)6-3/h22-25,27H,4-10,12-18,20-21H2,1-3H3. The van der Waals surface area contributed by atoms with Crippen molar-refractivity contribution in [2.45, 2.75) is 123 Å². The van der Waals surface area contributed by atoms with Crippen molar-refractivity contribution in [2.24, 2.45) is 23.7 Å². The van der Waals surface area contributed by atoms with Crippen LogP contribution in [0.2, 0.25) is 0 Å². The van der Waals surface area contributed by atoms with E-state index in [-0.39, 0.29) is 0 Å². The van der Waals surface area contributed by atoms with Gasteiger partial charge in [0.1, 0.15) is 0 Å². The van der Waals surface area contributed by atoms with Gasteiger partial charge in [-0.1, -0.05) is 78.1 Å². The van der Waals surface area contributed by atoms with Gasteiger partial charge in [0.2, 0.25) is 5.79 Å². The summed E-state index contributed by atoms with van der Waals surface area (Å²) in [6, 6.07) is 0. The number of rotatable bonds is 10. The van der Waals surface area contributed by atoms with Crippen molar-refractivity contribution in [1.29, 1.82) is 0 Å². The zero-order chi connectivity index (χ0) is 20.2. The molecular weight excluding hydrogens is 344 g/mol. The van der Waals surface area contributed by atoms with Crippen LogP contribution in [-0.2, 0) is 4.74 Å². The third-order valence-corrected chi connectivity index (χ3v) is 7.52. The van der Waals surface area contributed by atoms with Crippen molar-refractivity contribution in [1.82, 2.24) is 0 Å². The molecule has 1 aliphatic carbocycles. The van der Waals surface area contributed by atoms with Crippen molar-refractivity contribution >= 4 is 0 Å². The molecule has 2 rings (SSSR count). The number of hydrogen-bond donors (Lipinski definition) is 1. The van der Waals surface area contributed by atoms with Crippen LogP contribution in [0.4, 0.5) is 0 Å². The van der Waals surface area contributed by atoms with E-state index in [1.807, 2.05) is 0 Å². The van der Waals surface area contributed by atoms with Crippen LogP contribution in [0.1, 0.15) is 117 Å². The first-order chi connectivity index (χ1) is 13.6. The van der Waals surface area contributed by atoms with E-state index >= 15 is 0 Å². The summed E-state index contributed by atoms with van der Waals surface area (Å²) in [5.41, 5.74) is 0. The quantitative estimate of drug-likeness (QED) is 0.318. The summed E-state index contributed by atoms with van der Waals surface area (Å²) in [5, 5.41) is 10.7. The molecule has 2 atom stereocenters. The van der Waals surface area contributed by atoms with Crippen LogP contribution in [0.15, 0.2) is 0 Å². The Morgan fingerprint density at radius 2 is 1.71 bits per heavy atom. The van der Waals surface area contributed by atoms with E-state index in [4.69, 9.17) is 4.74 Å². The molecule has 2 unspecified atom stereocenters. The summed E-state index contributed by atoms with van der Waals surface area (Å²) in [6.45, 7) is 7.53. The van der Waals surface area contributed by atoms with Gasteiger partial charge < -0.3 is 9.84 Å². The molecule has 162 valence electrons. The van der Waals surface area contributed by atoms with Crippen molar-refractivity contribution in [3.05, 3.63) is 0 Å². The summed E-state index contributed by atoms with van der Waals surface area (Å²) < 4.78 is 5.89. The minimum Gasteiger partial charge on any atom is -0.356 e. The van der Waals surface area contributed by atoms with Gasteiger partial charge in [-0.3, -0.25) is 0 Å². The highest BCUT2D eigenvalue weighted by atomic mass is 16.6. The summed E-state index contributed by atoms with van der Waals surface area (Å²) in [6.07, 6.45) is 18.7. The molecule has 0 radical (unpaired) electrons. The van der Waals surface area contributed by atoms with Crippen LogP contribution in [0.5, 0.6) is 0 Å². The predicted octanol–water partition coefficient (Wildman–Crippen LogP) is 7.10. The second kappa shape index (κ2) is 12.9. The maximum Gasteiger partial charge on any atom is 0.231 e. The first-order valence-electron chi connectivity index (χ1n) is 12.5. The average Bonchev–Trinajstić information content (AvgIpc) is 2.72. The lowest BCUT2D eigenvalue weighted by molar-refractivity contribution is -0.201. The third-order valence-electron chi connectivity index (χ3n) is 7.52. The molecule has 1 saturated carbocycles. The fourth-order valence-electron chi connectivity index (χ4n) is 5.26. The maximum absolute atomic E-state index is 10.7. The van der Waals surface area contributed by atoms with Crippen LogP contribution >= 0.6 is 0 Å². The lowest BCUT2D eigenvalue weighted by atomic mass is 9.72. The predicted molar refractivity (Wildman–Crippen MR) is 119 cm³/mol. The average molecular weight is 391 g/mol. The van der Waals surface area contributed by atoms with Gasteiger partial charge in [-0.15, -0.1) is 0 Å². The van der Waals surface area contributed by atoms with Crippen LogP contribution in [0, 0.1) is 35.5 Å². The fourth-order valence-corrected chi connectivity index (χ4v) is 5.26.